The normalized spacial score (nSPS) is 12.4. The Morgan fingerprint density at radius 2 is 1.89 bits per heavy atom. The summed E-state index contributed by atoms with van der Waals surface area (Å²) in [4.78, 5) is 12.2. The molecule has 2 nitrogen and oxygen atoms in total. The van der Waals surface area contributed by atoms with Crippen LogP contribution in [0.5, 0.6) is 0 Å². The van der Waals surface area contributed by atoms with Crippen LogP contribution in [0.2, 0.25) is 0 Å². The van der Waals surface area contributed by atoms with E-state index in [1.807, 2.05) is 18.2 Å². The zero-order chi connectivity index (χ0) is 14.3. The molecule has 0 bridgehead atoms. The van der Waals surface area contributed by atoms with Gasteiger partial charge in [0.05, 0.1) is 0 Å². The zero-order valence-electron chi connectivity index (χ0n) is 12.5. The molecule has 0 aliphatic heterocycles. The molecular formula is C17H27NO. The van der Waals surface area contributed by atoms with Crippen LogP contribution in [0.1, 0.15) is 60.5 Å². The summed E-state index contributed by atoms with van der Waals surface area (Å²) in [5.74, 6) is 0.867. The summed E-state index contributed by atoms with van der Waals surface area (Å²) in [6, 6.07) is 5.99. The number of Topliss-reactive ketones (excluding diaryl/α,β-unsaturated/α-hetero) is 1. The maximum absolute atomic E-state index is 12.2. The second-order valence-electron chi connectivity index (χ2n) is 5.49. The van der Waals surface area contributed by atoms with Gasteiger partial charge in [-0.25, -0.2) is 0 Å². The Hall–Kier alpha value is -1.15. The van der Waals surface area contributed by atoms with E-state index in [0.29, 0.717) is 12.3 Å². The van der Waals surface area contributed by atoms with Crippen molar-refractivity contribution in [2.24, 2.45) is 11.7 Å². The lowest BCUT2D eigenvalue weighted by Crippen LogP contribution is -2.11. The van der Waals surface area contributed by atoms with Gasteiger partial charge in [0.2, 0.25) is 0 Å². The Balaban J connectivity index is 2.56. The second-order valence-corrected chi connectivity index (χ2v) is 5.49. The molecule has 1 rings (SSSR count). The van der Waals surface area contributed by atoms with Crippen LogP contribution in [0, 0.1) is 19.8 Å². The highest BCUT2D eigenvalue weighted by Crippen LogP contribution is 2.19. The van der Waals surface area contributed by atoms with E-state index in [0.717, 1.165) is 24.9 Å². The molecule has 0 saturated carbocycles. The van der Waals surface area contributed by atoms with Crippen LogP contribution in [0.15, 0.2) is 18.2 Å². The van der Waals surface area contributed by atoms with Crippen LogP contribution in [-0.2, 0) is 0 Å². The van der Waals surface area contributed by atoms with Crippen LogP contribution in [0.3, 0.4) is 0 Å². The molecule has 1 aromatic carbocycles. The average Bonchev–Trinajstić information content (AvgIpc) is 2.39. The van der Waals surface area contributed by atoms with Crippen molar-refractivity contribution in [3.05, 3.63) is 34.9 Å². The lowest BCUT2D eigenvalue weighted by Gasteiger charge is -2.14. The van der Waals surface area contributed by atoms with Crippen molar-refractivity contribution in [3.63, 3.8) is 0 Å². The number of benzene rings is 1. The molecule has 0 aliphatic carbocycles. The predicted octanol–water partition coefficient (Wildman–Crippen LogP) is 4.03. The minimum Gasteiger partial charge on any atom is -0.330 e. The molecule has 0 heterocycles. The molecule has 0 aliphatic rings. The summed E-state index contributed by atoms with van der Waals surface area (Å²) in [6.07, 6.45) is 5.00. The van der Waals surface area contributed by atoms with Crippen LogP contribution in [0.25, 0.3) is 0 Å². The predicted molar refractivity (Wildman–Crippen MR) is 81.5 cm³/mol. The van der Waals surface area contributed by atoms with E-state index in [4.69, 9.17) is 5.73 Å². The fraction of sp³-hybridized carbons (Fsp3) is 0.588. The Kier molecular flexibility index (Phi) is 6.79. The molecule has 2 heteroatoms. The molecule has 1 unspecified atom stereocenters. The van der Waals surface area contributed by atoms with Crippen LogP contribution in [-0.4, -0.2) is 12.3 Å². The van der Waals surface area contributed by atoms with Crippen molar-refractivity contribution in [3.8, 4) is 0 Å². The van der Waals surface area contributed by atoms with Gasteiger partial charge in [0.25, 0.3) is 0 Å². The SMILES string of the molecule is CCCC(CCN)CCC(=O)c1ccc(C)c(C)c1. The maximum Gasteiger partial charge on any atom is 0.162 e. The van der Waals surface area contributed by atoms with E-state index >= 15 is 0 Å². The number of carbonyl (C=O) groups excluding carboxylic acids is 1. The number of rotatable bonds is 8. The molecular weight excluding hydrogens is 234 g/mol. The molecule has 1 aromatic rings. The molecule has 0 spiro atoms. The molecule has 19 heavy (non-hydrogen) atoms. The third-order valence-electron chi connectivity index (χ3n) is 3.88. The van der Waals surface area contributed by atoms with E-state index < -0.39 is 0 Å². The first-order chi connectivity index (χ1) is 9.08. The molecule has 0 saturated heterocycles. The van der Waals surface area contributed by atoms with Crippen LogP contribution >= 0.6 is 0 Å². The molecule has 2 N–H and O–H groups in total. The fourth-order valence-corrected chi connectivity index (χ4v) is 2.47. The molecule has 0 fully saturated rings. The summed E-state index contributed by atoms with van der Waals surface area (Å²) < 4.78 is 0. The van der Waals surface area contributed by atoms with Gasteiger partial charge < -0.3 is 5.73 Å². The van der Waals surface area contributed by atoms with Gasteiger partial charge in [-0.1, -0.05) is 31.9 Å². The first-order valence-corrected chi connectivity index (χ1v) is 7.39. The Labute approximate surface area is 117 Å². The fourth-order valence-electron chi connectivity index (χ4n) is 2.47. The minimum absolute atomic E-state index is 0.265. The first kappa shape index (κ1) is 15.9. The molecule has 0 aromatic heterocycles. The van der Waals surface area contributed by atoms with Gasteiger partial charge in [-0.2, -0.15) is 0 Å². The van der Waals surface area contributed by atoms with Crippen LogP contribution < -0.4 is 5.73 Å². The largest absolute Gasteiger partial charge is 0.330 e. The van der Waals surface area contributed by atoms with Gasteiger partial charge in [0.15, 0.2) is 5.78 Å². The third-order valence-corrected chi connectivity index (χ3v) is 3.88. The van der Waals surface area contributed by atoms with Gasteiger partial charge in [-0.3, -0.25) is 4.79 Å². The molecule has 106 valence electrons. The number of carbonyl (C=O) groups is 1. The average molecular weight is 261 g/mol. The molecule has 1 atom stereocenters. The van der Waals surface area contributed by atoms with Crippen molar-refractivity contribution in [2.75, 3.05) is 6.54 Å². The van der Waals surface area contributed by atoms with E-state index in [1.54, 1.807) is 0 Å². The van der Waals surface area contributed by atoms with Gasteiger partial charge >= 0.3 is 0 Å². The van der Waals surface area contributed by atoms with Crippen molar-refractivity contribution in [1.29, 1.82) is 0 Å². The lowest BCUT2D eigenvalue weighted by atomic mass is 9.92. The summed E-state index contributed by atoms with van der Waals surface area (Å²) in [5.41, 5.74) is 8.91. The number of hydrogen-bond donors (Lipinski definition) is 1. The topological polar surface area (TPSA) is 43.1 Å². The first-order valence-electron chi connectivity index (χ1n) is 7.39. The Bertz CT molecular complexity index is 406. The van der Waals surface area contributed by atoms with Gasteiger partial charge in [-0.15, -0.1) is 0 Å². The summed E-state index contributed by atoms with van der Waals surface area (Å²) in [5, 5.41) is 0. The second kappa shape index (κ2) is 8.11. The van der Waals surface area contributed by atoms with Gasteiger partial charge in [-0.05, 0) is 56.3 Å². The Morgan fingerprint density at radius 1 is 1.16 bits per heavy atom. The van der Waals surface area contributed by atoms with E-state index in [2.05, 4.69) is 20.8 Å². The van der Waals surface area contributed by atoms with E-state index in [1.165, 1.54) is 24.0 Å². The van der Waals surface area contributed by atoms with Gasteiger partial charge in [0.1, 0.15) is 0 Å². The summed E-state index contributed by atoms with van der Waals surface area (Å²) >= 11 is 0. The highest BCUT2D eigenvalue weighted by Gasteiger charge is 2.12. The summed E-state index contributed by atoms with van der Waals surface area (Å²) in [7, 11) is 0. The van der Waals surface area contributed by atoms with Crippen LogP contribution in [0.4, 0.5) is 0 Å². The number of nitrogens with two attached hydrogens (primary N) is 1. The highest BCUT2D eigenvalue weighted by molar-refractivity contribution is 5.96. The zero-order valence-corrected chi connectivity index (χ0v) is 12.5. The molecule has 0 radical (unpaired) electrons. The number of ketones is 1. The van der Waals surface area contributed by atoms with Gasteiger partial charge in [0, 0.05) is 12.0 Å². The van der Waals surface area contributed by atoms with E-state index in [9.17, 15) is 4.79 Å². The quantitative estimate of drug-likeness (QED) is 0.718. The standard InChI is InChI=1S/C17H27NO/c1-4-5-15(10-11-18)7-9-17(19)16-8-6-13(2)14(3)12-16/h6,8,12,15H,4-5,7,9-11,18H2,1-3H3. The van der Waals surface area contributed by atoms with Crippen molar-refractivity contribution >= 4 is 5.78 Å². The number of hydrogen-bond acceptors (Lipinski definition) is 2. The summed E-state index contributed by atoms with van der Waals surface area (Å²) in [6.45, 7) is 7.04. The highest BCUT2D eigenvalue weighted by atomic mass is 16.1. The third kappa shape index (κ3) is 5.15. The van der Waals surface area contributed by atoms with Crippen molar-refractivity contribution in [2.45, 2.75) is 52.9 Å². The monoisotopic (exact) mass is 261 g/mol. The smallest absolute Gasteiger partial charge is 0.162 e. The lowest BCUT2D eigenvalue weighted by molar-refractivity contribution is 0.0972. The number of aryl methyl sites for hydroxylation is 2. The minimum atomic E-state index is 0.265. The van der Waals surface area contributed by atoms with Crippen molar-refractivity contribution in [1.82, 2.24) is 0 Å². The Morgan fingerprint density at radius 3 is 2.47 bits per heavy atom. The maximum atomic E-state index is 12.2. The molecule has 0 amide bonds. The van der Waals surface area contributed by atoms with E-state index in [-0.39, 0.29) is 5.78 Å². The van der Waals surface area contributed by atoms with Crippen molar-refractivity contribution < 1.29 is 4.79 Å².